The van der Waals surface area contributed by atoms with E-state index in [0.29, 0.717) is 81.6 Å². The average Bonchev–Trinajstić information content (AvgIpc) is 3.39. The number of ether oxygens (including phenoxy) is 2. The molecule has 0 atom stereocenters. The standard InChI is InChI=1S/2C27H24ClN3O6S.Ba/c2*1-3-16-13-19(15-23(24(16)28)38(34,35)36)30-31-25-21-8-6-5-7-17(21)14-22(26(25)32)27(33)29-18-9-11-20(12-10-18)37-4-2;/h2*5-15,32H,3-4H2,1-2H3,(H,29,33)(H,34,35,36);/q;;+2/p-2. The Balaban J connectivity index is 0.000000246. The van der Waals surface area contributed by atoms with E-state index < -0.39 is 53.3 Å². The van der Waals surface area contributed by atoms with Crippen molar-refractivity contribution in [3.8, 4) is 23.0 Å². The topological polar surface area (TPSA) is 281 Å². The zero-order chi connectivity index (χ0) is 54.9. The molecule has 0 heterocycles. The van der Waals surface area contributed by atoms with Gasteiger partial charge in [0.25, 0.3) is 21.9 Å². The molecule has 0 aliphatic rings. The van der Waals surface area contributed by atoms with Crippen LogP contribution in [0.3, 0.4) is 0 Å². The molecule has 0 radical (unpaired) electrons. The minimum absolute atomic E-state index is 0. The Morgan fingerprint density at radius 2 is 1.00 bits per heavy atom. The van der Waals surface area contributed by atoms with Crippen LogP contribution >= 0.6 is 23.2 Å². The fourth-order valence-electron chi connectivity index (χ4n) is 7.66. The Morgan fingerprint density at radius 1 is 0.584 bits per heavy atom. The van der Waals surface area contributed by atoms with Crippen molar-refractivity contribution in [2.45, 2.75) is 50.3 Å². The van der Waals surface area contributed by atoms with E-state index >= 15 is 0 Å². The van der Waals surface area contributed by atoms with E-state index in [1.807, 2.05) is 13.8 Å². The van der Waals surface area contributed by atoms with Crippen molar-refractivity contribution in [1.82, 2.24) is 0 Å². The molecule has 0 saturated carbocycles. The molecule has 8 aromatic rings. The Hall–Kier alpha value is -6.41. The third kappa shape index (κ3) is 14.6. The fraction of sp³-hybridized carbons (Fsp3) is 0.148. The molecule has 0 spiro atoms. The van der Waals surface area contributed by atoms with Crippen molar-refractivity contribution in [2.24, 2.45) is 20.5 Å². The Morgan fingerprint density at radius 3 is 1.45 bits per heavy atom. The third-order valence-electron chi connectivity index (χ3n) is 11.3. The van der Waals surface area contributed by atoms with Crippen LogP contribution < -0.4 is 25.2 Å². The second-order valence-corrected chi connectivity index (χ2v) is 19.9. The van der Waals surface area contributed by atoms with Crippen LogP contribution in [0.15, 0.2) is 164 Å². The normalized spacial score (nSPS) is 11.5. The maximum atomic E-state index is 13.4. The summed E-state index contributed by atoms with van der Waals surface area (Å²) in [7, 11) is -9.49. The van der Waals surface area contributed by atoms with Crippen LogP contribution in [0.4, 0.5) is 34.1 Å². The number of halogens is 2. The van der Waals surface area contributed by atoms with Gasteiger partial charge in [-0.25, -0.2) is 8.42 Å². The largest absolute Gasteiger partial charge is 2.00 e. The monoisotopic (exact) mass is 1240 g/mol. The number of azo groups is 2. The molecule has 4 N–H and O–H groups in total. The van der Waals surface area contributed by atoms with Gasteiger partial charge < -0.3 is 34.9 Å². The van der Waals surface area contributed by atoms with Gasteiger partial charge in [-0.2, -0.15) is 23.8 Å². The van der Waals surface area contributed by atoms with Crippen molar-refractivity contribution in [3.63, 3.8) is 0 Å². The number of carbonyl (C=O) groups is 2. The quantitative estimate of drug-likeness (QED) is 0.0399. The molecule has 18 nitrogen and oxygen atoms in total. The number of phenolic OH excluding ortho intramolecular Hbond substituents is 1. The van der Waals surface area contributed by atoms with Crippen LogP contribution in [0.1, 0.15) is 59.5 Å². The first kappa shape index (κ1) is 59.8. The maximum absolute atomic E-state index is 13.4. The van der Waals surface area contributed by atoms with E-state index in [9.17, 15) is 45.7 Å². The molecule has 2 amide bonds. The first-order valence-corrected chi connectivity index (χ1v) is 26.8. The number of amides is 2. The number of aromatic hydroxyl groups is 1. The predicted molar refractivity (Wildman–Crippen MR) is 294 cm³/mol. The van der Waals surface area contributed by atoms with E-state index in [-0.39, 0.29) is 92.8 Å². The van der Waals surface area contributed by atoms with Gasteiger partial charge >= 0.3 is 48.9 Å². The summed E-state index contributed by atoms with van der Waals surface area (Å²) in [5, 5.41) is 48.2. The van der Waals surface area contributed by atoms with Gasteiger partial charge in [0.05, 0.1) is 50.8 Å². The van der Waals surface area contributed by atoms with E-state index in [1.165, 1.54) is 18.2 Å². The Bertz CT molecular complexity index is 3560. The maximum Gasteiger partial charge on any atom is 2.00 e. The number of nitrogens with one attached hydrogen (secondary N) is 2. The number of nitrogens with zero attached hydrogens (tertiary/aromatic N) is 4. The van der Waals surface area contributed by atoms with Gasteiger partial charge in [0.1, 0.15) is 32.2 Å². The number of carbonyl (C=O) groups excluding carboxylic acids is 2. The number of hydrogen-bond acceptors (Lipinski definition) is 15. The molecular weight excluding hydrogens is 1200 g/mol. The van der Waals surface area contributed by atoms with E-state index in [4.69, 9.17) is 32.7 Å². The molecular formula is C54H46BaCl2N6O12S2. The summed E-state index contributed by atoms with van der Waals surface area (Å²) >= 11 is 12.2. The minimum atomic E-state index is -4.87. The van der Waals surface area contributed by atoms with Crippen LogP contribution in [0.25, 0.3) is 21.5 Å². The Labute approximate surface area is 493 Å². The molecule has 23 heteroatoms. The SMILES string of the molecule is CCOc1ccc(NC(=O)c2cc3ccccc3c(N=Nc3cc(CC)c(Cl)c(S(=O)(=O)O)c3)c2O)cc1.CCOc1ccc(NC(=O)c2cc3ccccc3c(N=Nc3cc(CC)c(Cl)c(S(=O)(=O)[O-])c3)c2[O-])cc1.[Ba+2]. The molecule has 0 bridgehead atoms. The zero-order valence-corrected chi connectivity index (χ0v) is 49.2. The van der Waals surface area contributed by atoms with Crippen LogP contribution in [0.2, 0.25) is 10.0 Å². The van der Waals surface area contributed by atoms with Crippen molar-refractivity contribution < 1.29 is 55.2 Å². The number of anilines is 2. The molecule has 0 aliphatic carbocycles. The van der Waals surface area contributed by atoms with Crippen LogP contribution in [0.5, 0.6) is 23.0 Å². The van der Waals surface area contributed by atoms with Gasteiger partial charge in [-0.3, -0.25) is 14.1 Å². The smallest absolute Gasteiger partial charge is 0.870 e. The third-order valence-corrected chi connectivity index (χ3v) is 14.2. The van der Waals surface area contributed by atoms with Crippen LogP contribution in [-0.4, -0.2) is 105 Å². The summed E-state index contributed by atoms with van der Waals surface area (Å²) in [5.74, 6) is -0.979. The van der Waals surface area contributed by atoms with Gasteiger partial charge in [0, 0.05) is 27.7 Å². The van der Waals surface area contributed by atoms with Gasteiger partial charge in [-0.1, -0.05) is 91.3 Å². The van der Waals surface area contributed by atoms with E-state index in [1.54, 1.807) is 117 Å². The van der Waals surface area contributed by atoms with Crippen molar-refractivity contribution >= 4 is 160 Å². The van der Waals surface area contributed by atoms with Gasteiger partial charge in [0.2, 0.25) is 0 Å². The fourth-order valence-corrected chi connectivity index (χ4v) is 9.97. The number of fused-ring (bicyclic) bond motifs is 2. The van der Waals surface area contributed by atoms with Gasteiger partial charge in [0.15, 0.2) is 5.75 Å². The van der Waals surface area contributed by atoms with Gasteiger partial charge in [-0.05, 0) is 134 Å². The second kappa shape index (κ2) is 26.3. The predicted octanol–water partition coefficient (Wildman–Crippen LogP) is 12.8. The molecule has 0 aliphatic heterocycles. The van der Waals surface area contributed by atoms with Crippen LogP contribution in [-0.2, 0) is 33.1 Å². The molecule has 8 aromatic carbocycles. The summed E-state index contributed by atoms with van der Waals surface area (Å²) < 4.78 is 79.0. The molecule has 8 rings (SSSR count). The van der Waals surface area contributed by atoms with Crippen molar-refractivity contribution in [3.05, 3.63) is 166 Å². The molecule has 0 saturated heterocycles. The van der Waals surface area contributed by atoms with E-state index in [2.05, 4.69) is 31.1 Å². The molecule has 392 valence electrons. The summed E-state index contributed by atoms with van der Waals surface area (Å²) in [6, 6.07) is 35.5. The number of benzene rings is 8. The Kier molecular flexibility index (Phi) is 20.4. The summed E-state index contributed by atoms with van der Waals surface area (Å²) in [5.41, 5.74) is 1.62. The van der Waals surface area contributed by atoms with Crippen molar-refractivity contribution in [1.29, 1.82) is 0 Å². The zero-order valence-electron chi connectivity index (χ0n) is 41.6. The molecule has 0 unspecified atom stereocenters. The number of rotatable bonds is 16. The number of phenols is 1. The second-order valence-electron chi connectivity index (χ2n) is 16.4. The van der Waals surface area contributed by atoms with Crippen molar-refractivity contribution in [2.75, 3.05) is 23.8 Å². The molecule has 0 fully saturated rings. The number of aryl methyl sites for hydroxylation is 2. The average molecular weight is 1240 g/mol. The summed E-state index contributed by atoms with van der Waals surface area (Å²) in [6.07, 6.45) is 0.710. The molecule has 0 aromatic heterocycles. The first-order valence-electron chi connectivity index (χ1n) is 23.2. The molecule has 77 heavy (non-hydrogen) atoms. The summed E-state index contributed by atoms with van der Waals surface area (Å²) in [4.78, 5) is 25.1. The number of hydrogen-bond donors (Lipinski definition) is 4. The van der Waals surface area contributed by atoms with E-state index in [0.717, 1.165) is 12.1 Å². The summed E-state index contributed by atoms with van der Waals surface area (Å²) in [6.45, 7) is 8.25. The van der Waals surface area contributed by atoms with Crippen LogP contribution in [0, 0.1) is 0 Å². The first-order chi connectivity index (χ1) is 36.2. The minimum Gasteiger partial charge on any atom is -0.870 e. The van der Waals surface area contributed by atoms with Gasteiger partial charge in [-0.15, -0.1) is 5.11 Å².